The highest BCUT2D eigenvalue weighted by atomic mass is 19.1. The number of halogens is 1. The first kappa shape index (κ1) is 23.9. The fourth-order valence-corrected chi connectivity index (χ4v) is 4.13. The van der Waals surface area contributed by atoms with Crippen LogP contribution in [0.5, 0.6) is 5.75 Å². The molecule has 4 rings (SSSR count). The lowest BCUT2D eigenvalue weighted by atomic mass is 10.1. The van der Waals surface area contributed by atoms with E-state index in [-0.39, 0.29) is 11.7 Å². The average molecular weight is 467 g/mol. The molecule has 180 valence electrons. The Bertz CT molecular complexity index is 1090. The molecule has 1 saturated heterocycles. The molecule has 0 atom stereocenters. The predicted octanol–water partition coefficient (Wildman–Crippen LogP) is 3.90. The topological polar surface area (TPSA) is 71.7 Å². The summed E-state index contributed by atoms with van der Waals surface area (Å²) in [6.45, 7) is 6.10. The number of carbonyl (C=O) groups excluding carboxylic acids is 1. The molecule has 0 radical (unpaired) electrons. The van der Waals surface area contributed by atoms with Crippen LogP contribution in [0.3, 0.4) is 0 Å². The number of aryl methyl sites for hydroxylation is 3. The first-order valence-electron chi connectivity index (χ1n) is 11.7. The molecule has 0 saturated carbocycles. The Morgan fingerprint density at radius 1 is 1.09 bits per heavy atom. The van der Waals surface area contributed by atoms with Gasteiger partial charge in [-0.05, 0) is 44.0 Å². The van der Waals surface area contributed by atoms with Crippen molar-refractivity contribution < 1.29 is 18.4 Å². The number of amides is 1. The van der Waals surface area contributed by atoms with Crippen LogP contribution in [0, 0.1) is 12.7 Å². The number of aromatic nitrogens is 2. The molecule has 0 aliphatic carbocycles. The first-order chi connectivity index (χ1) is 16.5. The molecular formula is C26H31FN4O3. The fraction of sp³-hybridized carbons (Fsp3) is 0.423. The van der Waals surface area contributed by atoms with Gasteiger partial charge in [0.25, 0.3) is 0 Å². The summed E-state index contributed by atoms with van der Waals surface area (Å²) in [4.78, 5) is 21.4. The molecule has 1 fully saturated rings. The SMILES string of the molecule is COc1ccc(CCC(=O)N2CCN(CCCc3nc(-c4ccc(C)cc4)no3)CC2)cc1F. The van der Waals surface area contributed by atoms with Crippen molar-refractivity contribution in [3.63, 3.8) is 0 Å². The quantitative estimate of drug-likeness (QED) is 0.476. The van der Waals surface area contributed by atoms with Crippen LogP contribution in [0.1, 0.15) is 29.9 Å². The van der Waals surface area contributed by atoms with Gasteiger partial charge in [0.2, 0.25) is 17.6 Å². The summed E-state index contributed by atoms with van der Waals surface area (Å²) in [6, 6.07) is 12.9. The molecule has 1 amide bonds. The lowest BCUT2D eigenvalue weighted by Gasteiger charge is -2.34. The smallest absolute Gasteiger partial charge is 0.227 e. The van der Waals surface area contributed by atoms with Crippen molar-refractivity contribution >= 4 is 5.91 Å². The van der Waals surface area contributed by atoms with Gasteiger partial charge < -0.3 is 14.2 Å². The molecule has 0 unspecified atom stereocenters. The predicted molar refractivity (Wildman–Crippen MR) is 127 cm³/mol. The summed E-state index contributed by atoms with van der Waals surface area (Å²) in [5.74, 6) is 1.22. The second-order valence-corrected chi connectivity index (χ2v) is 8.67. The minimum atomic E-state index is -0.395. The molecule has 1 aliphatic rings. The molecular weight excluding hydrogens is 435 g/mol. The van der Waals surface area contributed by atoms with E-state index in [2.05, 4.69) is 15.0 Å². The van der Waals surface area contributed by atoms with Gasteiger partial charge in [-0.3, -0.25) is 9.69 Å². The molecule has 1 aromatic heterocycles. The molecule has 34 heavy (non-hydrogen) atoms. The number of benzene rings is 2. The normalized spacial score (nSPS) is 14.4. The highest BCUT2D eigenvalue weighted by molar-refractivity contribution is 5.76. The molecule has 7 nitrogen and oxygen atoms in total. The Morgan fingerprint density at radius 2 is 1.85 bits per heavy atom. The third-order valence-electron chi connectivity index (χ3n) is 6.21. The van der Waals surface area contributed by atoms with E-state index in [1.165, 1.54) is 18.7 Å². The van der Waals surface area contributed by atoms with Crippen LogP contribution < -0.4 is 4.74 Å². The second-order valence-electron chi connectivity index (χ2n) is 8.67. The zero-order chi connectivity index (χ0) is 23.9. The monoisotopic (exact) mass is 466 g/mol. The molecule has 0 bridgehead atoms. The van der Waals surface area contributed by atoms with Crippen LogP contribution in [0.25, 0.3) is 11.4 Å². The van der Waals surface area contributed by atoms with Crippen LogP contribution in [0.2, 0.25) is 0 Å². The number of methoxy groups -OCH3 is 1. The zero-order valence-corrected chi connectivity index (χ0v) is 19.8. The van der Waals surface area contributed by atoms with E-state index < -0.39 is 5.82 Å². The number of ether oxygens (including phenoxy) is 1. The third kappa shape index (κ3) is 6.20. The summed E-state index contributed by atoms with van der Waals surface area (Å²) in [7, 11) is 1.44. The van der Waals surface area contributed by atoms with Gasteiger partial charge in [-0.25, -0.2) is 4.39 Å². The highest BCUT2D eigenvalue weighted by Crippen LogP contribution is 2.19. The maximum absolute atomic E-state index is 13.8. The molecule has 0 spiro atoms. The van der Waals surface area contributed by atoms with E-state index in [0.29, 0.717) is 37.6 Å². The van der Waals surface area contributed by atoms with Crippen LogP contribution in [-0.2, 0) is 17.6 Å². The van der Waals surface area contributed by atoms with E-state index in [0.717, 1.165) is 43.6 Å². The Hall–Kier alpha value is -3.26. The summed E-state index contributed by atoms with van der Waals surface area (Å²) in [5.41, 5.74) is 2.96. The number of hydrogen-bond donors (Lipinski definition) is 0. The van der Waals surface area contributed by atoms with Gasteiger partial charge >= 0.3 is 0 Å². The molecule has 2 heterocycles. The number of carbonyl (C=O) groups is 1. The molecule has 1 aliphatic heterocycles. The van der Waals surface area contributed by atoms with Crippen molar-refractivity contribution in [1.82, 2.24) is 19.9 Å². The van der Waals surface area contributed by atoms with Crippen LogP contribution in [0.4, 0.5) is 4.39 Å². The molecule has 0 N–H and O–H groups in total. The van der Waals surface area contributed by atoms with Crippen LogP contribution in [0.15, 0.2) is 47.0 Å². The van der Waals surface area contributed by atoms with Gasteiger partial charge in [-0.15, -0.1) is 0 Å². The van der Waals surface area contributed by atoms with Gasteiger partial charge in [-0.2, -0.15) is 4.98 Å². The van der Waals surface area contributed by atoms with E-state index in [1.54, 1.807) is 12.1 Å². The lowest BCUT2D eigenvalue weighted by molar-refractivity contribution is -0.132. The largest absolute Gasteiger partial charge is 0.494 e. The Morgan fingerprint density at radius 3 is 2.56 bits per heavy atom. The number of rotatable bonds is 9. The maximum atomic E-state index is 13.8. The summed E-state index contributed by atoms with van der Waals surface area (Å²) < 4.78 is 24.2. The first-order valence-corrected chi connectivity index (χ1v) is 11.7. The van der Waals surface area contributed by atoms with E-state index in [9.17, 15) is 9.18 Å². The van der Waals surface area contributed by atoms with Crippen LogP contribution >= 0.6 is 0 Å². The van der Waals surface area contributed by atoms with E-state index in [4.69, 9.17) is 9.26 Å². The van der Waals surface area contributed by atoms with Crippen LogP contribution in [-0.4, -0.2) is 65.7 Å². The minimum Gasteiger partial charge on any atom is -0.494 e. The van der Waals surface area contributed by atoms with Gasteiger partial charge in [0, 0.05) is 44.6 Å². The van der Waals surface area contributed by atoms with Gasteiger partial charge in [-0.1, -0.05) is 41.1 Å². The highest BCUT2D eigenvalue weighted by Gasteiger charge is 2.21. The molecule has 8 heteroatoms. The Kier molecular flexibility index (Phi) is 7.90. The second kappa shape index (κ2) is 11.2. The maximum Gasteiger partial charge on any atom is 0.227 e. The summed E-state index contributed by atoms with van der Waals surface area (Å²) in [6.07, 6.45) is 2.56. The summed E-state index contributed by atoms with van der Waals surface area (Å²) in [5, 5.41) is 4.09. The van der Waals surface area contributed by atoms with Crippen molar-refractivity contribution in [2.45, 2.75) is 32.6 Å². The third-order valence-corrected chi connectivity index (χ3v) is 6.21. The lowest BCUT2D eigenvalue weighted by Crippen LogP contribution is -2.48. The Balaban J connectivity index is 1.15. The average Bonchev–Trinajstić information content (AvgIpc) is 3.32. The number of piperazine rings is 1. The number of nitrogens with zero attached hydrogens (tertiary/aromatic N) is 4. The molecule has 3 aromatic rings. The van der Waals surface area contributed by atoms with Gasteiger partial charge in [0.1, 0.15) is 0 Å². The summed E-state index contributed by atoms with van der Waals surface area (Å²) >= 11 is 0. The van der Waals surface area contributed by atoms with Gasteiger partial charge in [0.15, 0.2) is 11.6 Å². The Labute approximate surface area is 199 Å². The van der Waals surface area contributed by atoms with Crippen molar-refractivity contribution in [3.8, 4) is 17.1 Å². The minimum absolute atomic E-state index is 0.116. The van der Waals surface area contributed by atoms with Crippen molar-refractivity contribution in [1.29, 1.82) is 0 Å². The van der Waals surface area contributed by atoms with Crippen molar-refractivity contribution in [2.24, 2.45) is 0 Å². The van der Waals surface area contributed by atoms with Crippen molar-refractivity contribution in [3.05, 3.63) is 65.3 Å². The standard InChI is InChI=1S/C26H31FN4O3/c1-19-5-9-21(10-6-19)26-28-24(34-29-26)4-3-13-30-14-16-31(17-15-30)25(32)12-8-20-7-11-23(33-2)22(27)18-20/h5-7,9-11,18H,3-4,8,12-17H2,1-2H3. The number of hydrogen-bond acceptors (Lipinski definition) is 6. The van der Waals surface area contributed by atoms with Gasteiger partial charge in [0.05, 0.1) is 7.11 Å². The molecule has 2 aromatic carbocycles. The van der Waals surface area contributed by atoms with E-state index in [1.807, 2.05) is 36.1 Å². The zero-order valence-electron chi connectivity index (χ0n) is 19.8. The fourth-order valence-electron chi connectivity index (χ4n) is 4.13. The van der Waals surface area contributed by atoms with E-state index >= 15 is 0 Å². The van der Waals surface area contributed by atoms with Crippen molar-refractivity contribution in [2.75, 3.05) is 39.8 Å².